The molecule has 3 heteroatoms. The summed E-state index contributed by atoms with van der Waals surface area (Å²) in [7, 11) is 0. The summed E-state index contributed by atoms with van der Waals surface area (Å²) in [5.74, 6) is -0.139. The Morgan fingerprint density at radius 3 is 2.55 bits per heavy atom. The molecule has 1 aliphatic rings. The Morgan fingerprint density at radius 1 is 1.15 bits per heavy atom. The van der Waals surface area contributed by atoms with Crippen molar-refractivity contribution in [1.29, 1.82) is 0 Å². The Labute approximate surface area is 127 Å². The molecule has 3 rings (SSSR count). The number of fused-ring (bicyclic) bond motifs is 1. The van der Waals surface area contributed by atoms with Crippen LogP contribution in [-0.4, -0.2) is 0 Å². The van der Waals surface area contributed by atoms with Gasteiger partial charge in [0, 0.05) is 10.2 Å². The van der Waals surface area contributed by atoms with Crippen LogP contribution in [-0.2, 0) is 6.42 Å². The van der Waals surface area contributed by atoms with Crippen LogP contribution in [0, 0.1) is 19.7 Å². The van der Waals surface area contributed by atoms with E-state index in [1.54, 1.807) is 12.1 Å². The van der Waals surface area contributed by atoms with Crippen LogP contribution in [0.15, 0.2) is 34.8 Å². The summed E-state index contributed by atoms with van der Waals surface area (Å²) >= 11 is 3.52. The highest BCUT2D eigenvalue weighted by Gasteiger charge is 2.23. The first-order valence-corrected chi connectivity index (χ1v) is 7.65. The zero-order valence-corrected chi connectivity index (χ0v) is 13.2. The van der Waals surface area contributed by atoms with Gasteiger partial charge in [-0.25, -0.2) is 4.39 Å². The number of benzene rings is 2. The lowest BCUT2D eigenvalue weighted by molar-refractivity contribution is 0.626. The molecule has 2 aromatic carbocycles. The molecular formula is C17H17BrFN. The number of anilines is 1. The molecule has 1 atom stereocenters. The van der Waals surface area contributed by atoms with Crippen LogP contribution in [0.2, 0.25) is 0 Å². The Morgan fingerprint density at radius 2 is 1.85 bits per heavy atom. The van der Waals surface area contributed by atoms with Gasteiger partial charge in [0.05, 0.1) is 6.04 Å². The minimum Gasteiger partial charge on any atom is -0.378 e. The molecule has 0 radical (unpaired) electrons. The van der Waals surface area contributed by atoms with E-state index in [4.69, 9.17) is 0 Å². The van der Waals surface area contributed by atoms with Crippen LogP contribution in [0.5, 0.6) is 0 Å². The van der Waals surface area contributed by atoms with Gasteiger partial charge in [-0.3, -0.25) is 0 Å². The lowest BCUT2D eigenvalue weighted by Gasteiger charge is -2.20. The van der Waals surface area contributed by atoms with Gasteiger partial charge in [0.1, 0.15) is 5.82 Å². The van der Waals surface area contributed by atoms with E-state index in [1.807, 2.05) is 6.07 Å². The second-order valence-corrected chi connectivity index (χ2v) is 6.41. The molecule has 104 valence electrons. The molecule has 0 saturated carbocycles. The normalized spacial score (nSPS) is 17.1. The largest absolute Gasteiger partial charge is 0.378 e. The van der Waals surface area contributed by atoms with Crippen molar-refractivity contribution in [3.8, 4) is 0 Å². The number of aryl methyl sites for hydroxylation is 3. The van der Waals surface area contributed by atoms with Gasteiger partial charge in [0.2, 0.25) is 0 Å². The maximum atomic E-state index is 13.3. The molecule has 0 spiro atoms. The molecule has 0 aromatic heterocycles. The van der Waals surface area contributed by atoms with E-state index >= 15 is 0 Å². The van der Waals surface area contributed by atoms with Gasteiger partial charge >= 0.3 is 0 Å². The first kappa shape index (κ1) is 13.6. The predicted molar refractivity (Wildman–Crippen MR) is 84.7 cm³/mol. The summed E-state index contributed by atoms with van der Waals surface area (Å²) in [6.07, 6.45) is 1.97. The van der Waals surface area contributed by atoms with Crippen LogP contribution >= 0.6 is 15.9 Å². The molecule has 0 fully saturated rings. The fourth-order valence-corrected chi connectivity index (χ4v) is 3.74. The fraction of sp³-hybridized carbons (Fsp3) is 0.294. The van der Waals surface area contributed by atoms with Crippen molar-refractivity contribution in [2.45, 2.75) is 32.7 Å². The van der Waals surface area contributed by atoms with Crippen molar-refractivity contribution in [1.82, 2.24) is 0 Å². The minimum atomic E-state index is -0.139. The van der Waals surface area contributed by atoms with E-state index in [2.05, 4.69) is 47.2 Å². The van der Waals surface area contributed by atoms with Crippen LogP contribution in [0.4, 0.5) is 10.1 Å². The summed E-state index contributed by atoms with van der Waals surface area (Å²) in [6.45, 7) is 4.22. The molecular weight excluding hydrogens is 317 g/mol. The molecule has 1 aliphatic carbocycles. The number of nitrogens with one attached hydrogen (secondary N) is 1. The molecule has 0 amide bonds. The molecule has 1 unspecified atom stereocenters. The van der Waals surface area contributed by atoms with Crippen LogP contribution in [0.3, 0.4) is 0 Å². The maximum Gasteiger partial charge on any atom is 0.123 e. The molecule has 1 nitrogen and oxygen atoms in total. The Hall–Kier alpha value is -1.35. The van der Waals surface area contributed by atoms with E-state index in [1.165, 1.54) is 22.4 Å². The number of halogens is 2. The van der Waals surface area contributed by atoms with Gasteiger partial charge in [-0.15, -0.1) is 0 Å². The zero-order valence-electron chi connectivity index (χ0n) is 11.6. The summed E-state index contributed by atoms with van der Waals surface area (Å²) in [6, 6.07) is 9.66. The highest BCUT2D eigenvalue weighted by molar-refractivity contribution is 9.10. The molecule has 2 aromatic rings. The van der Waals surface area contributed by atoms with Crippen molar-refractivity contribution in [2.24, 2.45) is 0 Å². The number of rotatable bonds is 2. The van der Waals surface area contributed by atoms with Crippen molar-refractivity contribution < 1.29 is 4.39 Å². The second-order valence-electron chi connectivity index (χ2n) is 5.49. The van der Waals surface area contributed by atoms with E-state index in [0.29, 0.717) is 0 Å². The molecule has 20 heavy (non-hydrogen) atoms. The molecule has 1 N–H and O–H groups in total. The average Bonchev–Trinajstić information content (AvgIpc) is 2.76. The zero-order chi connectivity index (χ0) is 14.3. The third-order valence-corrected chi connectivity index (χ3v) is 4.46. The van der Waals surface area contributed by atoms with Crippen LogP contribution in [0.25, 0.3) is 0 Å². The van der Waals surface area contributed by atoms with Gasteiger partial charge in [0.15, 0.2) is 0 Å². The molecule has 0 bridgehead atoms. The highest BCUT2D eigenvalue weighted by atomic mass is 79.9. The Bertz CT molecular complexity index is 643. The Balaban J connectivity index is 1.91. The lowest BCUT2D eigenvalue weighted by Crippen LogP contribution is -2.09. The fourth-order valence-electron chi connectivity index (χ4n) is 3.05. The first-order chi connectivity index (χ1) is 9.54. The van der Waals surface area contributed by atoms with E-state index in [9.17, 15) is 4.39 Å². The standard InChI is InChI=1S/C17H17BrFN/c1-10-7-13(18)8-11(2)17(10)20-16-6-3-12-9-14(19)4-5-15(12)16/h4-5,7-9,16,20H,3,6H2,1-2H3. The average molecular weight is 334 g/mol. The summed E-state index contributed by atoms with van der Waals surface area (Å²) in [5.41, 5.74) is 6.01. The second kappa shape index (κ2) is 5.21. The lowest BCUT2D eigenvalue weighted by atomic mass is 10.0. The topological polar surface area (TPSA) is 12.0 Å². The van der Waals surface area contributed by atoms with Crippen molar-refractivity contribution in [3.05, 3.63) is 62.9 Å². The first-order valence-electron chi connectivity index (χ1n) is 6.86. The van der Waals surface area contributed by atoms with Crippen molar-refractivity contribution >= 4 is 21.6 Å². The van der Waals surface area contributed by atoms with Crippen molar-refractivity contribution in [2.75, 3.05) is 5.32 Å². The van der Waals surface area contributed by atoms with Gasteiger partial charge in [-0.1, -0.05) is 22.0 Å². The van der Waals surface area contributed by atoms with Gasteiger partial charge in [-0.2, -0.15) is 0 Å². The summed E-state index contributed by atoms with van der Waals surface area (Å²) in [4.78, 5) is 0. The third kappa shape index (κ3) is 2.47. The monoisotopic (exact) mass is 333 g/mol. The maximum absolute atomic E-state index is 13.3. The van der Waals surface area contributed by atoms with Gasteiger partial charge in [-0.05, 0) is 73.2 Å². The number of hydrogen-bond donors (Lipinski definition) is 1. The third-order valence-electron chi connectivity index (χ3n) is 4.00. The number of hydrogen-bond acceptors (Lipinski definition) is 1. The molecule has 0 heterocycles. The van der Waals surface area contributed by atoms with Crippen LogP contribution < -0.4 is 5.32 Å². The van der Waals surface area contributed by atoms with Gasteiger partial charge < -0.3 is 5.32 Å². The van der Waals surface area contributed by atoms with Gasteiger partial charge in [0.25, 0.3) is 0 Å². The summed E-state index contributed by atoms with van der Waals surface area (Å²) < 4.78 is 14.4. The van der Waals surface area contributed by atoms with Crippen LogP contribution in [0.1, 0.15) is 34.7 Å². The predicted octanol–water partition coefficient (Wildman–Crippen LogP) is 5.30. The molecule has 0 aliphatic heterocycles. The quantitative estimate of drug-likeness (QED) is 0.785. The SMILES string of the molecule is Cc1cc(Br)cc(C)c1NC1CCc2cc(F)ccc21. The molecule has 0 saturated heterocycles. The Kier molecular flexibility index (Phi) is 3.55. The smallest absolute Gasteiger partial charge is 0.123 e. The van der Waals surface area contributed by atoms with E-state index in [0.717, 1.165) is 22.9 Å². The van der Waals surface area contributed by atoms with E-state index in [-0.39, 0.29) is 11.9 Å². The minimum absolute atomic E-state index is 0.139. The summed E-state index contributed by atoms with van der Waals surface area (Å²) in [5, 5.41) is 3.64. The highest BCUT2D eigenvalue weighted by Crippen LogP contribution is 2.36. The van der Waals surface area contributed by atoms with Crippen molar-refractivity contribution in [3.63, 3.8) is 0 Å². The van der Waals surface area contributed by atoms with E-state index < -0.39 is 0 Å².